The minimum Gasteiger partial charge on any atom is -0.381 e. The summed E-state index contributed by atoms with van der Waals surface area (Å²) in [6.45, 7) is 3.96. The minimum absolute atomic E-state index is 0.209. The van der Waals surface area contributed by atoms with Gasteiger partial charge in [0.15, 0.2) is 5.79 Å². The molecule has 0 aliphatic carbocycles. The van der Waals surface area contributed by atoms with Crippen LogP contribution in [0.2, 0.25) is 0 Å². The maximum Gasteiger partial charge on any atom is 0.271 e. The molecular formula is C19H23N3O5. The molecule has 1 aromatic heterocycles. The number of ether oxygens (including phenoxy) is 3. The van der Waals surface area contributed by atoms with Gasteiger partial charge in [-0.3, -0.25) is 14.7 Å². The topological polar surface area (TPSA) is 94.6 Å². The Bertz CT molecular complexity index is 864. The fourth-order valence-corrected chi connectivity index (χ4v) is 3.36. The zero-order valence-electron chi connectivity index (χ0n) is 15.2. The summed E-state index contributed by atoms with van der Waals surface area (Å²) in [6, 6.07) is 8.76. The average molecular weight is 373 g/mol. The highest BCUT2D eigenvalue weighted by atomic mass is 16.7. The van der Waals surface area contributed by atoms with Gasteiger partial charge in [-0.1, -0.05) is 17.7 Å². The van der Waals surface area contributed by atoms with Gasteiger partial charge in [0.05, 0.1) is 25.5 Å². The van der Waals surface area contributed by atoms with E-state index in [1.807, 2.05) is 31.2 Å². The highest BCUT2D eigenvalue weighted by molar-refractivity contribution is 5.92. The molecule has 2 aromatic rings. The van der Waals surface area contributed by atoms with Gasteiger partial charge in [-0.15, -0.1) is 0 Å². The second-order valence-electron chi connectivity index (χ2n) is 6.96. The van der Waals surface area contributed by atoms with Gasteiger partial charge in [-0.25, -0.2) is 4.68 Å². The van der Waals surface area contributed by atoms with Crippen molar-refractivity contribution in [3.05, 3.63) is 51.9 Å². The second-order valence-corrected chi connectivity index (χ2v) is 6.96. The Morgan fingerprint density at radius 3 is 2.78 bits per heavy atom. The molecular weight excluding hydrogens is 350 g/mol. The van der Waals surface area contributed by atoms with Crippen LogP contribution in [-0.4, -0.2) is 53.9 Å². The van der Waals surface area contributed by atoms with Crippen LogP contribution in [0.3, 0.4) is 0 Å². The molecule has 8 heteroatoms. The lowest BCUT2D eigenvalue weighted by atomic mass is 10.1. The molecule has 1 aromatic carbocycles. The largest absolute Gasteiger partial charge is 0.381 e. The van der Waals surface area contributed by atoms with Crippen LogP contribution in [0.4, 0.5) is 0 Å². The van der Waals surface area contributed by atoms with Crippen molar-refractivity contribution in [3.63, 3.8) is 0 Å². The number of aromatic nitrogens is 2. The first-order valence-corrected chi connectivity index (χ1v) is 9.11. The van der Waals surface area contributed by atoms with Crippen molar-refractivity contribution in [2.24, 2.45) is 0 Å². The third-order valence-electron chi connectivity index (χ3n) is 4.92. The van der Waals surface area contributed by atoms with E-state index >= 15 is 0 Å². The van der Waals surface area contributed by atoms with Crippen molar-refractivity contribution in [2.75, 3.05) is 26.4 Å². The van der Waals surface area contributed by atoms with Crippen molar-refractivity contribution in [1.29, 1.82) is 0 Å². The smallest absolute Gasteiger partial charge is 0.271 e. The van der Waals surface area contributed by atoms with Crippen LogP contribution in [0.1, 0.15) is 28.9 Å². The lowest BCUT2D eigenvalue weighted by Crippen LogP contribution is -2.39. The SMILES string of the molecule is Cc1ccc(-n2[nH]c(C(=O)NCC3COC4(CCOCC4)O3)cc2=O)cc1. The quantitative estimate of drug-likeness (QED) is 0.838. The zero-order chi connectivity index (χ0) is 18.9. The summed E-state index contributed by atoms with van der Waals surface area (Å²) < 4.78 is 18.5. The Balaban J connectivity index is 1.37. The fraction of sp³-hybridized carbons (Fsp3) is 0.474. The van der Waals surface area contributed by atoms with Crippen molar-refractivity contribution in [3.8, 4) is 5.69 Å². The van der Waals surface area contributed by atoms with Crippen LogP contribution >= 0.6 is 0 Å². The van der Waals surface area contributed by atoms with Crippen molar-refractivity contribution >= 4 is 5.91 Å². The molecule has 2 N–H and O–H groups in total. The molecule has 2 fully saturated rings. The summed E-state index contributed by atoms with van der Waals surface area (Å²) in [6.07, 6.45) is 1.19. The summed E-state index contributed by atoms with van der Waals surface area (Å²) in [7, 11) is 0. The molecule has 144 valence electrons. The predicted octanol–water partition coefficient (Wildman–Crippen LogP) is 1.13. The van der Waals surface area contributed by atoms with Crippen molar-refractivity contribution in [2.45, 2.75) is 31.7 Å². The molecule has 2 aliphatic rings. The molecule has 0 radical (unpaired) electrons. The standard InChI is InChI=1S/C19H23N3O5/c1-13-2-4-14(5-3-13)22-17(23)10-16(21-22)18(24)20-11-15-12-26-19(27-15)6-8-25-9-7-19/h2-5,10,15,21H,6-9,11-12H2,1H3,(H,20,24). The number of carbonyl (C=O) groups is 1. The number of aryl methyl sites for hydroxylation is 1. The van der Waals surface area contributed by atoms with Crippen molar-refractivity contribution < 1.29 is 19.0 Å². The number of nitrogens with zero attached hydrogens (tertiary/aromatic N) is 1. The maximum absolute atomic E-state index is 12.4. The number of aromatic amines is 1. The molecule has 3 heterocycles. The van der Waals surface area contributed by atoms with Gasteiger partial charge >= 0.3 is 0 Å². The Kier molecular flexibility index (Phi) is 4.86. The van der Waals surface area contributed by atoms with Gasteiger partial charge in [-0.2, -0.15) is 0 Å². The van der Waals surface area contributed by atoms with E-state index in [4.69, 9.17) is 14.2 Å². The van der Waals surface area contributed by atoms with Gasteiger partial charge in [0.25, 0.3) is 11.5 Å². The van der Waals surface area contributed by atoms with E-state index in [2.05, 4.69) is 10.4 Å². The molecule has 0 saturated carbocycles. The summed E-state index contributed by atoms with van der Waals surface area (Å²) in [5.74, 6) is -0.925. The van der Waals surface area contributed by atoms with Crippen LogP contribution < -0.4 is 10.9 Å². The van der Waals surface area contributed by atoms with Crippen LogP contribution in [0.25, 0.3) is 5.69 Å². The molecule has 1 amide bonds. The highest BCUT2D eigenvalue weighted by Crippen LogP contribution is 2.32. The lowest BCUT2D eigenvalue weighted by molar-refractivity contribution is -0.210. The molecule has 1 atom stereocenters. The van der Waals surface area contributed by atoms with Crippen LogP contribution in [-0.2, 0) is 14.2 Å². The Morgan fingerprint density at radius 1 is 1.30 bits per heavy atom. The number of hydrogen-bond donors (Lipinski definition) is 2. The van der Waals surface area contributed by atoms with Crippen LogP contribution in [0.15, 0.2) is 35.1 Å². The lowest BCUT2D eigenvalue weighted by Gasteiger charge is -2.31. The number of amides is 1. The normalized spacial score (nSPS) is 21.4. The summed E-state index contributed by atoms with van der Waals surface area (Å²) >= 11 is 0. The molecule has 2 aliphatic heterocycles. The molecule has 0 bridgehead atoms. The molecule has 1 unspecified atom stereocenters. The van der Waals surface area contributed by atoms with E-state index in [0.717, 1.165) is 5.56 Å². The third-order valence-corrected chi connectivity index (χ3v) is 4.92. The van der Waals surface area contributed by atoms with Gasteiger partial charge in [0.2, 0.25) is 0 Å². The van der Waals surface area contributed by atoms with Crippen molar-refractivity contribution in [1.82, 2.24) is 15.1 Å². The molecule has 1 spiro atoms. The molecule has 4 rings (SSSR count). The predicted molar refractivity (Wildman–Crippen MR) is 97.1 cm³/mol. The Labute approximate surface area is 156 Å². The maximum atomic E-state index is 12.4. The Hall–Kier alpha value is -2.42. The van der Waals surface area contributed by atoms with Crippen LogP contribution in [0.5, 0.6) is 0 Å². The number of benzene rings is 1. The van der Waals surface area contributed by atoms with E-state index in [1.165, 1.54) is 10.7 Å². The third kappa shape index (κ3) is 3.83. The average Bonchev–Trinajstić information content (AvgIpc) is 3.25. The van der Waals surface area contributed by atoms with Crippen LogP contribution in [0, 0.1) is 6.92 Å². The van der Waals surface area contributed by atoms with Gasteiger partial charge in [-0.05, 0) is 19.1 Å². The van der Waals surface area contributed by atoms with Gasteiger partial charge < -0.3 is 19.5 Å². The fourth-order valence-electron chi connectivity index (χ4n) is 3.36. The first-order chi connectivity index (χ1) is 13.0. The Morgan fingerprint density at radius 2 is 2.04 bits per heavy atom. The summed E-state index contributed by atoms with van der Waals surface area (Å²) in [5.41, 5.74) is 1.70. The number of carbonyl (C=O) groups excluding carboxylic acids is 1. The number of H-pyrrole nitrogens is 1. The van der Waals surface area contributed by atoms with E-state index in [-0.39, 0.29) is 23.3 Å². The van der Waals surface area contributed by atoms with E-state index in [1.54, 1.807) is 0 Å². The molecule has 8 nitrogen and oxygen atoms in total. The van der Waals surface area contributed by atoms with E-state index in [0.29, 0.717) is 44.9 Å². The molecule has 2 saturated heterocycles. The first-order valence-electron chi connectivity index (χ1n) is 9.11. The molecule has 27 heavy (non-hydrogen) atoms. The minimum atomic E-state index is -0.573. The van der Waals surface area contributed by atoms with E-state index in [9.17, 15) is 9.59 Å². The van der Waals surface area contributed by atoms with Gasteiger partial charge in [0, 0.05) is 25.5 Å². The first kappa shape index (κ1) is 18.0. The van der Waals surface area contributed by atoms with E-state index < -0.39 is 5.79 Å². The number of nitrogens with one attached hydrogen (secondary N) is 2. The summed E-state index contributed by atoms with van der Waals surface area (Å²) in [4.78, 5) is 24.6. The second kappa shape index (κ2) is 7.30. The highest BCUT2D eigenvalue weighted by Gasteiger charge is 2.42. The summed E-state index contributed by atoms with van der Waals surface area (Å²) in [5, 5.41) is 5.66. The monoisotopic (exact) mass is 373 g/mol. The number of rotatable bonds is 4. The number of hydrogen-bond acceptors (Lipinski definition) is 5. The zero-order valence-corrected chi connectivity index (χ0v) is 15.2. The van der Waals surface area contributed by atoms with Gasteiger partial charge in [0.1, 0.15) is 11.8 Å².